The number of nitriles is 1. The Morgan fingerprint density at radius 2 is 1.90 bits per heavy atom. The van der Waals surface area contributed by atoms with Crippen molar-refractivity contribution in [2.24, 2.45) is 0 Å². The van der Waals surface area contributed by atoms with E-state index >= 15 is 0 Å². The highest BCUT2D eigenvalue weighted by Gasteiger charge is 2.34. The molecule has 0 aliphatic rings. The maximum absolute atomic E-state index is 13.4. The first-order chi connectivity index (χ1) is 13.6. The molecule has 0 radical (unpaired) electrons. The van der Waals surface area contributed by atoms with E-state index in [1.165, 1.54) is 0 Å². The van der Waals surface area contributed by atoms with Crippen LogP contribution in [0.25, 0.3) is 5.69 Å². The van der Waals surface area contributed by atoms with Crippen molar-refractivity contribution in [3.63, 3.8) is 0 Å². The van der Waals surface area contributed by atoms with Crippen molar-refractivity contribution in [3.8, 4) is 17.5 Å². The van der Waals surface area contributed by atoms with Gasteiger partial charge >= 0.3 is 6.18 Å². The Bertz CT molecular complexity index is 1120. The van der Waals surface area contributed by atoms with Gasteiger partial charge in [0.25, 0.3) is 0 Å². The maximum Gasteiger partial charge on any atom is 0.419 e. The van der Waals surface area contributed by atoms with Gasteiger partial charge in [0.05, 0.1) is 27.5 Å². The fourth-order valence-corrected chi connectivity index (χ4v) is 3.05. The van der Waals surface area contributed by atoms with Gasteiger partial charge in [0.2, 0.25) is 0 Å². The molecule has 1 aromatic heterocycles. The smallest absolute Gasteiger partial charge is 0.419 e. The second kappa shape index (κ2) is 7.76. The van der Waals surface area contributed by atoms with Gasteiger partial charge < -0.3 is 4.74 Å². The SMILES string of the molecule is Cc1nn(-c2ccc(C#N)c(Cl)c2)c(C)c1COc1ccc(F)c(C(F)(F)F)c1. The van der Waals surface area contributed by atoms with Crippen LogP contribution in [-0.4, -0.2) is 9.78 Å². The van der Waals surface area contributed by atoms with E-state index in [0.29, 0.717) is 34.3 Å². The molecule has 0 amide bonds. The summed E-state index contributed by atoms with van der Waals surface area (Å²) in [6, 6.07) is 9.32. The number of ether oxygens (including phenoxy) is 1. The van der Waals surface area contributed by atoms with E-state index in [1.54, 1.807) is 36.7 Å². The summed E-state index contributed by atoms with van der Waals surface area (Å²) < 4.78 is 59.1. The highest BCUT2D eigenvalue weighted by Crippen LogP contribution is 2.34. The third kappa shape index (κ3) is 4.20. The van der Waals surface area contributed by atoms with E-state index in [2.05, 4.69) is 5.10 Å². The predicted molar refractivity (Wildman–Crippen MR) is 98.5 cm³/mol. The Balaban J connectivity index is 1.87. The average Bonchev–Trinajstić information content (AvgIpc) is 2.94. The minimum absolute atomic E-state index is 0.0510. The topological polar surface area (TPSA) is 50.8 Å². The monoisotopic (exact) mass is 423 g/mol. The molecule has 3 aromatic rings. The minimum atomic E-state index is -4.81. The van der Waals surface area contributed by atoms with Gasteiger partial charge in [-0.2, -0.15) is 23.5 Å². The summed E-state index contributed by atoms with van der Waals surface area (Å²) in [5.41, 5.74) is 1.55. The number of halogens is 5. The largest absolute Gasteiger partial charge is 0.489 e. The van der Waals surface area contributed by atoms with Gasteiger partial charge in [0, 0.05) is 11.3 Å². The summed E-state index contributed by atoms with van der Waals surface area (Å²) in [5.74, 6) is -1.46. The molecule has 0 bridgehead atoms. The minimum Gasteiger partial charge on any atom is -0.489 e. The van der Waals surface area contributed by atoms with Gasteiger partial charge in [-0.1, -0.05) is 11.6 Å². The highest BCUT2D eigenvalue weighted by molar-refractivity contribution is 6.31. The van der Waals surface area contributed by atoms with E-state index in [4.69, 9.17) is 21.6 Å². The van der Waals surface area contributed by atoms with Crippen molar-refractivity contribution in [2.75, 3.05) is 0 Å². The fourth-order valence-electron chi connectivity index (χ4n) is 2.83. The standard InChI is InChI=1S/C20H14ClF4N3O/c1-11-16(10-29-15-5-6-19(22)17(8-15)20(23,24)25)12(2)28(27-11)14-4-3-13(9-26)18(21)7-14/h3-8H,10H2,1-2H3. The normalized spacial score (nSPS) is 11.4. The third-order valence-electron chi connectivity index (χ3n) is 4.39. The molecule has 9 heteroatoms. The van der Waals surface area contributed by atoms with Crippen LogP contribution in [-0.2, 0) is 12.8 Å². The summed E-state index contributed by atoms with van der Waals surface area (Å²) in [4.78, 5) is 0. The molecular weight excluding hydrogens is 410 g/mol. The summed E-state index contributed by atoms with van der Waals surface area (Å²) in [7, 11) is 0. The van der Waals surface area contributed by atoms with Gasteiger partial charge in [0.1, 0.15) is 24.2 Å². The molecule has 1 heterocycles. The lowest BCUT2D eigenvalue weighted by Crippen LogP contribution is -2.08. The van der Waals surface area contributed by atoms with Gasteiger partial charge in [-0.25, -0.2) is 9.07 Å². The van der Waals surface area contributed by atoms with E-state index in [0.717, 1.165) is 12.1 Å². The molecule has 0 spiro atoms. The molecule has 0 unspecified atom stereocenters. The molecule has 0 atom stereocenters. The van der Waals surface area contributed by atoms with Crippen molar-refractivity contribution < 1.29 is 22.3 Å². The number of aryl methyl sites for hydroxylation is 1. The molecule has 150 valence electrons. The highest BCUT2D eigenvalue weighted by atomic mass is 35.5. The van der Waals surface area contributed by atoms with Crippen LogP contribution >= 0.6 is 11.6 Å². The lowest BCUT2D eigenvalue weighted by molar-refractivity contribution is -0.140. The second-order valence-electron chi connectivity index (χ2n) is 6.27. The molecule has 0 fully saturated rings. The summed E-state index contributed by atoms with van der Waals surface area (Å²) >= 11 is 6.07. The third-order valence-corrected chi connectivity index (χ3v) is 4.70. The van der Waals surface area contributed by atoms with Crippen molar-refractivity contribution in [1.82, 2.24) is 9.78 Å². The zero-order valence-corrected chi connectivity index (χ0v) is 16.1. The zero-order valence-electron chi connectivity index (χ0n) is 15.3. The molecule has 2 aromatic carbocycles. The number of hydrogen-bond donors (Lipinski definition) is 0. The number of rotatable bonds is 4. The first-order valence-corrected chi connectivity index (χ1v) is 8.74. The number of alkyl halides is 3. The maximum atomic E-state index is 13.4. The number of benzene rings is 2. The number of hydrogen-bond acceptors (Lipinski definition) is 3. The molecule has 0 aliphatic carbocycles. The first-order valence-electron chi connectivity index (χ1n) is 8.36. The molecule has 0 saturated heterocycles. The molecular formula is C20H14ClF4N3O. The Hall–Kier alpha value is -3.05. The van der Waals surface area contributed by atoms with Crippen LogP contribution in [0.2, 0.25) is 5.02 Å². The number of nitrogens with zero attached hydrogens (tertiary/aromatic N) is 3. The van der Waals surface area contributed by atoms with E-state index < -0.39 is 17.6 Å². The molecule has 4 nitrogen and oxygen atoms in total. The predicted octanol–water partition coefficient (Wildman–Crippen LogP) is 5.75. The van der Waals surface area contributed by atoms with E-state index in [9.17, 15) is 17.6 Å². The Kier molecular flexibility index (Phi) is 5.53. The van der Waals surface area contributed by atoms with E-state index in [1.807, 2.05) is 6.07 Å². The van der Waals surface area contributed by atoms with Gasteiger partial charge in [-0.15, -0.1) is 0 Å². The van der Waals surface area contributed by atoms with Crippen LogP contribution < -0.4 is 4.74 Å². The van der Waals surface area contributed by atoms with E-state index in [-0.39, 0.29) is 17.4 Å². The van der Waals surface area contributed by atoms with Crippen LogP contribution in [0.15, 0.2) is 36.4 Å². The van der Waals surface area contributed by atoms with Crippen molar-refractivity contribution in [3.05, 3.63) is 75.3 Å². The average molecular weight is 424 g/mol. The fraction of sp³-hybridized carbons (Fsp3) is 0.200. The molecule has 3 rings (SSSR count). The van der Waals surface area contributed by atoms with Crippen molar-refractivity contribution in [2.45, 2.75) is 26.6 Å². The van der Waals surface area contributed by atoms with Gasteiger partial charge in [0.15, 0.2) is 0 Å². The van der Waals surface area contributed by atoms with Crippen LogP contribution in [0, 0.1) is 31.0 Å². The van der Waals surface area contributed by atoms with Gasteiger partial charge in [-0.3, -0.25) is 0 Å². The molecule has 0 saturated carbocycles. The summed E-state index contributed by atoms with van der Waals surface area (Å²) in [6.07, 6.45) is -4.81. The van der Waals surface area contributed by atoms with Crippen LogP contribution in [0.1, 0.15) is 28.1 Å². The quantitative estimate of drug-likeness (QED) is 0.502. The van der Waals surface area contributed by atoms with Crippen LogP contribution in [0.3, 0.4) is 0 Å². The van der Waals surface area contributed by atoms with Crippen LogP contribution in [0.4, 0.5) is 17.6 Å². The lowest BCUT2D eigenvalue weighted by atomic mass is 10.2. The van der Waals surface area contributed by atoms with Gasteiger partial charge in [-0.05, 0) is 50.2 Å². The first kappa shape index (κ1) is 20.7. The Morgan fingerprint density at radius 1 is 1.17 bits per heavy atom. The lowest BCUT2D eigenvalue weighted by Gasteiger charge is -2.12. The zero-order chi connectivity index (χ0) is 21.3. The Morgan fingerprint density at radius 3 is 2.52 bits per heavy atom. The molecule has 0 aliphatic heterocycles. The second-order valence-corrected chi connectivity index (χ2v) is 6.67. The Labute approximate surface area is 168 Å². The molecule has 29 heavy (non-hydrogen) atoms. The van der Waals surface area contributed by atoms with Crippen molar-refractivity contribution in [1.29, 1.82) is 5.26 Å². The summed E-state index contributed by atoms with van der Waals surface area (Å²) in [6.45, 7) is 3.46. The van der Waals surface area contributed by atoms with Crippen LogP contribution in [0.5, 0.6) is 5.75 Å². The molecule has 0 N–H and O–H groups in total. The number of aromatic nitrogens is 2. The van der Waals surface area contributed by atoms with Crippen molar-refractivity contribution >= 4 is 11.6 Å². The summed E-state index contributed by atoms with van der Waals surface area (Å²) in [5, 5.41) is 13.7.